The van der Waals surface area contributed by atoms with Crippen LogP contribution in [0.1, 0.15) is 11.1 Å². The molecule has 1 N–H and O–H groups in total. The Morgan fingerprint density at radius 1 is 1.22 bits per heavy atom. The minimum absolute atomic E-state index is 0.166. The van der Waals surface area contributed by atoms with E-state index < -0.39 is 0 Å². The Hall–Kier alpha value is -2.66. The first-order chi connectivity index (χ1) is 11.1. The van der Waals surface area contributed by atoms with E-state index in [1.54, 1.807) is 37.5 Å². The van der Waals surface area contributed by atoms with Gasteiger partial charge in [0.1, 0.15) is 17.0 Å². The molecule has 5 nitrogen and oxygen atoms in total. The molecule has 23 heavy (non-hydrogen) atoms. The molecular weight excluding hydrogens is 312 g/mol. The van der Waals surface area contributed by atoms with Crippen molar-refractivity contribution in [1.29, 1.82) is 0 Å². The molecule has 0 fully saturated rings. The van der Waals surface area contributed by atoms with E-state index >= 15 is 0 Å². The minimum Gasteiger partial charge on any atom is -0.372 e. The molecule has 0 spiro atoms. The average molecular weight is 327 g/mol. The number of benzene rings is 1. The van der Waals surface area contributed by atoms with Crippen molar-refractivity contribution >= 4 is 35.0 Å². The molecule has 0 aliphatic heterocycles. The largest absolute Gasteiger partial charge is 0.372 e. The summed E-state index contributed by atoms with van der Waals surface area (Å²) in [5.41, 5.74) is 2.53. The summed E-state index contributed by atoms with van der Waals surface area (Å²) in [5, 5.41) is 3.59. The maximum atomic E-state index is 12.7. The van der Waals surface area contributed by atoms with Crippen LogP contribution in [0.15, 0.2) is 52.4 Å². The number of anilines is 1. The van der Waals surface area contributed by atoms with Gasteiger partial charge >= 0.3 is 0 Å². The third-order valence-electron chi connectivity index (χ3n) is 3.41. The Morgan fingerprint density at radius 2 is 1.96 bits per heavy atom. The normalized spacial score (nSPS) is 11.3. The van der Waals surface area contributed by atoms with E-state index in [2.05, 4.69) is 15.3 Å². The molecule has 3 rings (SSSR count). The molecule has 1 aromatic carbocycles. The molecule has 0 atom stereocenters. The molecule has 0 amide bonds. The van der Waals surface area contributed by atoms with Crippen LogP contribution in [-0.2, 0) is 0 Å². The van der Waals surface area contributed by atoms with Gasteiger partial charge in [-0.25, -0.2) is 4.98 Å². The van der Waals surface area contributed by atoms with Crippen molar-refractivity contribution in [3.8, 4) is 0 Å². The average Bonchev–Trinajstić information content (AvgIpc) is 2.56. The van der Waals surface area contributed by atoms with Crippen LogP contribution in [0.4, 0.5) is 11.5 Å². The Balaban J connectivity index is 2.13. The fourth-order valence-corrected chi connectivity index (χ4v) is 2.36. The van der Waals surface area contributed by atoms with Crippen LogP contribution in [0.2, 0.25) is 5.02 Å². The molecular formula is C17H15ClN4O. The van der Waals surface area contributed by atoms with Gasteiger partial charge < -0.3 is 5.32 Å². The number of aliphatic imine (C=N–C) groups is 1. The number of nitrogens with one attached hydrogen (secondary N) is 1. The smallest absolute Gasteiger partial charge is 0.268 e. The number of rotatable bonds is 3. The van der Waals surface area contributed by atoms with Crippen LogP contribution < -0.4 is 10.9 Å². The Labute approximate surface area is 138 Å². The highest BCUT2D eigenvalue weighted by Gasteiger charge is 2.10. The number of pyridine rings is 1. The molecule has 0 aliphatic rings. The van der Waals surface area contributed by atoms with Gasteiger partial charge in [0, 0.05) is 24.5 Å². The first-order valence-corrected chi connectivity index (χ1v) is 7.46. The van der Waals surface area contributed by atoms with Crippen LogP contribution in [0.3, 0.4) is 0 Å². The molecule has 0 saturated carbocycles. The first kappa shape index (κ1) is 15.2. The molecule has 0 aliphatic carbocycles. The van der Waals surface area contributed by atoms with Crippen LogP contribution in [-0.4, -0.2) is 22.6 Å². The van der Waals surface area contributed by atoms with Gasteiger partial charge in [0.15, 0.2) is 0 Å². The molecule has 2 aromatic heterocycles. The summed E-state index contributed by atoms with van der Waals surface area (Å²) in [5.74, 6) is 0.497. The standard InChI is InChI=1S/C17H15ClN4O/c1-11-3-8-15-21-16(19-2)14(17(23)22(15)10-11)9-20-13-6-4-12(18)5-7-13/h3-10,19H,1-2H3. The highest BCUT2D eigenvalue weighted by atomic mass is 35.5. The van der Waals surface area contributed by atoms with Crippen molar-refractivity contribution in [3.05, 3.63) is 69.1 Å². The lowest BCUT2D eigenvalue weighted by Crippen LogP contribution is -2.21. The Kier molecular flexibility index (Phi) is 4.12. The van der Waals surface area contributed by atoms with Gasteiger partial charge in [0.05, 0.1) is 5.69 Å². The number of fused-ring (bicyclic) bond motifs is 1. The summed E-state index contributed by atoms with van der Waals surface area (Å²) in [6.45, 7) is 1.93. The topological polar surface area (TPSA) is 58.8 Å². The van der Waals surface area contributed by atoms with Gasteiger partial charge in [0.2, 0.25) is 0 Å². The quantitative estimate of drug-likeness (QED) is 0.750. The van der Waals surface area contributed by atoms with E-state index in [1.807, 2.05) is 19.1 Å². The maximum absolute atomic E-state index is 12.7. The minimum atomic E-state index is -0.166. The van der Waals surface area contributed by atoms with Crippen LogP contribution in [0.5, 0.6) is 0 Å². The predicted octanol–water partition coefficient (Wildman–Crippen LogP) is 3.45. The zero-order valence-electron chi connectivity index (χ0n) is 12.7. The Bertz CT molecular complexity index is 945. The van der Waals surface area contributed by atoms with E-state index in [4.69, 9.17) is 11.6 Å². The van der Waals surface area contributed by atoms with Gasteiger partial charge in [-0.15, -0.1) is 0 Å². The van der Waals surface area contributed by atoms with E-state index in [-0.39, 0.29) is 5.56 Å². The van der Waals surface area contributed by atoms with E-state index in [1.165, 1.54) is 10.6 Å². The summed E-state index contributed by atoms with van der Waals surface area (Å²) >= 11 is 5.86. The second-order valence-corrected chi connectivity index (χ2v) is 5.53. The molecule has 3 aromatic rings. The van der Waals surface area contributed by atoms with Crippen molar-refractivity contribution < 1.29 is 0 Å². The van der Waals surface area contributed by atoms with E-state index in [9.17, 15) is 4.79 Å². The highest BCUT2D eigenvalue weighted by Crippen LogP contribution is 2.17. The zero-order valence-corrected chi connectivity index (χ0v) is 13.5. The van der Waals surface area contributed by atoms with Crippen molar-refractivity contribution in [2.45, 2.75) is 6.92 Å². The molecule has 0 radical (unpaired) electrons. The summed E-state index contributed by atoms with van der Waals surface area (Å²) in [4.78, 5) is 21.5. The van der Waals surface area contributed by atoms with Gasteiger partial charge in [-0.3, -0.25) is 14.2 Å². The number of hydrogen-bond acceptors (Lipinski definition) is 4. The van der Waals surface area contributed by atoms with Gasteiger partial charge in [-0.05, 0) is 42.8 Å². The molecule has 2 heterocycles. The van der Waals surface area contributed by atoms with Crippen molar-refractivity contribution in [2.24, 2.45) is 4.99 Å². The van der Waals surface area contributed by atoms with E-state index in [0.717, 1.165) is 5.56 Å². The van der Waals surface area contributed by atoms with Crippen LogP contribution in [0, 0.1) is 6.92 Å². The van der Waals surface area contributed by atoms with E-state index in [0.29, 0.717) is 27.7 Å². The molecule has 0 saturated heterocycles. The van der Waals surface area contributed by atoms with Crippen molar-refractivity contribution in [2.75, 3.05) is 12.4 Å². The SMILES string of the molecule is CNc1nc2ccc(C)cn2c(=O)c1C=Nc1ccc(Cl)cc1. The molecule has 0 bridgehead atoms. The van der Waals surface area contributed by atoms with Crippen molar-refractivity contribution in [3.63, 3.8) is 0 Å². The monoisotopic (exact) mass is 326 g/mol. The summed E-state index contributed by atoms with van der Waals surface area (Å²) in [6.07, 6.45) is 3.29. The summed E-state index contributed by atoms with van der Waals surface area (Å²) in [7, 11) is 1.73. The van der Waals surface area contributed by atoms with Crippen LogP contribution >= 0.6 is 11.6 Å². The predicted molar refractivity (Wildman–Crippen MR) is 94.5 cm³/mol. The number of aromatic nitrogens is 2. The second kappa shape index (κ2) is 6.22. The number of halogens is 1. The van der Waals surface area contributed by atoms with Gasteiger partial charge in [0.25, 0.3) is 5.56 Å². The lowest BCUT2D eigenvalue weighted by Gasteiger charge is -2.08. The number of nitrogens with zero attached hydrogens (tertiary/aromatic N) is 3. The third-order valence-corrected chi connectivity index (χ3v) is 3.66. The zero-order chi connectivity index (χ0) is 16.4. The maximum Gasteiger partial charge on any atom is 0.268 e. The lowest BCUT2D eigenvalue weighted by atomic mass is 10.2. The fourth-order valence-electron chi connectivity index (χ4n) is 2.23. The molecule has 6 heteroatoms. The molecule has 116 valence electrons. The molecule has 0 unspecified atom stereocenters. The number of hydrogen-bond donors (Lipinski definition) is 1. The second-order valence-electron chi connectivity index (χ2n) is 5.10. The van der Waals surface area contributed by atoms with Crippen molar-refractivity contribution in [1.82, 2.24) is 9.38 Å². The van der Waals surface area contributed by atoms with Gasteiger partial charge in [-0.1, -0.05) is 17.7 Å². The number of aryl methyl sites for hydroxylation is 1. The third kappa shape index (κ3) is 3.10. The first-order valence-electron chi connectivity index (χ1n) is 7.09. The summed E-state index contributed by atoms with van der Waals surface area (Å²) in [6, 6.07) is 10.8. The lowest BCUT2D eigenvalue weighted by molar-refractivity contribution is 1.03. The highest BCUT2D eigenvalue weighted by molar-refractivity contribution is 6.30. The summed E-state index contributed by atoms with van der Waals surface area (Å²) < 4.78 is 1.53. The van der Waals surface area contributed by atoms with Crippen LogP contribution in [0.25, 0.3) is 5.65 Å². The fraction of sp³-hybridized carbons (Fsp3) is 0.118. The Morgan fingerprint density at radius 3 is 2.65 bits per heavy atom. The van der Waals surface area contributed by atoms with Gasteiger partial charge in [-0.2, -0.15) is 0 Å².